The minimum atomic E-state index is 0. The van der Waals surface area contributed by atoms with Crippen LogP contribution >= 0.6 is 0 Å². The van der Waals surface area contributed by atoms with Gasteiger partial charge in [0.15, 0.2) is 0 Å². The Bertz CT molecular complexity index is 145. The summed E-state index contributed by atoms with van der Waals surface area (Å²) in [7, 11) is 0. The number of ether oxygens (including phenoxy) is 1. The van der Waals surface area contributed by atoms with Gasteiger partial charge in [0.2, 0.25) is 0 Å². The molecule has 0 aromatic rings. The molecule has 0 amide bonds. The molecule has 1 heterocycles. The molecule has 74 valence electrons. The van der Waals surface area contributed by atoms with Gasteiger partial charge in [-0.1, -0.05) is 19.8 Å². The van der Waals surface area contributed by atoms with Gasteiger partial charge in [0.1, 0.15) is 0 Å². The van der Waals surface area contributed by atoms with Gasteiger partial charge >= 0.3 is 0 Å². The van der Waals surface area contributed by atoms with E-state index >= 15 is 0 Å². The Hall–Kier alpha value is 0.0283. The summed E-state index contributed by atoms with van der Waals surface area (Å²) in [6.45, 7) is 2.89. The molecule has 1 aliphatic heterocycles. The summed E-state index contributed by atoms with van der Waals surface area (Å²) in [5.41, 5.74) is 0. The Balaban J connectivity index is 0.00000121. The van der Waals surface area contributed by atoms with Crippen molar-refractivity contribution in [2.24, 2.45) is 5.92 Å². The van der Waals surface area contributed by atoms with Gasteiger partial charge < -0.3 is 9.84 Å². The Labute approximate surface area is 88.3 Å². The fourth-order valence-corrected chi connectivity index (χ4v) is 1.29. The SMILES string of the molecule is CCCCC1CC=C(O)OC1.[Pt]. The molecule has 0 spiro atoms. The maximum atomic E-state index is 8.89. The summed E-state index contributed by atoms with van der Waals surface area (Å²) < 4.78 is 5.00. The third-order valence-corrected chi connectivity index (χ3v) is 2.06. The van der Waals surface area contributed by atoms with Crippen molar-refractivity contribution >= 4 is 0 Å². The standard InChI is InChI=1S/C9H16O2.Pt/c1-2-3-4-8-5-6-9(10)11-7-8;/h6,8,10H,2-5,7H2,1H3;. The van der Waals surface area contributed by atoms with E-state index in [9.17, 15) is 0 Å². The Kier molecular flexibility index (Phi) is 6.55. The molecule has 0 fully saturated rings. The molecule has 0 aliphatic carbocycles. The molecule has 1 aliphatic rings. The van der Waals surface area contributed by atoms with Gasteiger partial charge in [-0.15, -0.1) is 0 Å². The van der Waals surface area contributed by atoms with Crippen LogP contribution in [0.3, 0.4) is 0 Å². The number of hydrogen-bond donors (Lipinski definition) is 1. The van der Waals surface area contributed by atoms with E-state index in [1.54, 1.807) is 6.08 Å². The Morgan fingerprint density at radius 2 is 2.42 bits per heavy atom. The summed E-state index contributed by atoms with van der Waals surface area (Å²) in [5, 5.41) is 8.89. The molecule has 0 saturated carbocycles. The molecule has 12 heavy (non-hydrogen) atoms. The molecule has 3 heteroatoms. The van der Waals surface area contributed by atoms with Gasteiger partial charge in [0.25, 0.3) is 5.95 Å². The molecule has 1 atom stereocenters. The van der Waals surface area contributed by atoms with Crippen molar-refractivity contribution in [2.75, 3.05) is 6.61 Å². The molecule has 1 rings (SSSR count). The van der Waals surface area contributed by atoms with Crippen LogP contribution in [0.4, 0.5) is 0 Å². The smallest absolute Gasteiger partial charge is 0.272 e. The average molecular weight is 351 g/mol. The monoisotopic (exact) mass is 351 g/mol. The predicted molar refractivity (Wildman–Crippen MR) is 44.3 cm³/mol. The fourth-order valence-electron chi connectivity index (χ4n) is 1.29. The molecule has 0 bridgehead atoms. The Morgan fingerprint density at radius 3 is 2.92 bits per heavy atom. The zero-order chi connectivity index (χ0) is 8.10. The molecule has 1 N–H and O–H groups in total. The first-order valence-electron chi connectivity index (χ1n) is 4.35. The van der Waals surface area contributed by atoms with Crippen molar-refractivity contribution in [2.45, 2.75) is 32.6 Å². The van der Waals surface area contributed by atoms with Gasteiger partial charge in [-0.05, 0) is 24.8 Å². The third kappa shape index (κ3) is 4.15. The maximum Gasteiger partial charge on any atom is 0.272 e. The number of aliphatic hydroxyl groups is 1. The first-order valence-corrected chi connectivity index (χ1v) is 4.35. The summed E-state index contributed by atoms with van der Waals surface area (Å²) in [4.78, 5) is 0. The molecular weight excluding hydrogens is 335 g/mol. The summed E-state index contributed by atoms with van der Waals surface area (Å²) in [6.07, 6.45) is 6.48. The average Bonchev–Trinajstić information content (AvgIpc) is 2.04. The second-order valence-corrected chi connectivity index (χ2v) is 3.10. The van der Waals surface area contributed by atoms with Crippen molar-refractivity contribution in [3.8, 4) is 0 Å². The van der Waals surface area contributed by atoms with E-state index in [-0.39, 0.29) is 27.0 Å². The van der Waals surface area contributed by atoms with Crippen LogP contribution in [0, 0.1) is 5.92 Å². The number of aliphatic hydroxyl groups excluding tert-OH is 1. The normalized spacial score (nSPS) is 22.1. The quantitative estimate of drug-likeness (QED) is 0.847. The van der Waals surface area contributed by atoms with E-state index in [2.05, 4.69) is 6.92 Å². The summed E-state index contributed by atoms with van der Waals surface area (Å²) in [5.74, 6) is 0.739. The second kappa shape index (κ2) is 6.53. The van der Waals surface area contributed by atoms with Gasteiger partial charge in [-0.25, -0.2) is 0 Å². The van der Waals surface area contributed by atoms with E-state index in [0.717, 1.165) is 6.42 Å². The van der Waals surface area contributed by atoms with Crippen molar-refractivity contribution < 1.29 is 30.9 Å². The first kappa shape index (κ1) is 12.0. The Morgan fingerprint density at radius 1 is 1.67 bits per heavy atom. The van der Waals surface area contributed by atoms with Crippen LogP contribution < -0.4 is 0 Å². The molecular formula is C9H16O2Pt. The summed E-state index contributed by atoms with van der Waals surface area (Å²) in [6, 6.07) is 0. The zero-order valence-corrected chi connectivity index (χ0v) is 9.63. The number of rotatable bonds is 3. The fraction of sp³-hybridized carbons (Fsp3) is 0.778. The van der Waals surface area contributed by atoms with Crippen LogP contribution in [0.25, 0.3) is 0 Å². The van der Waals surface area contributed by atoms with Crippen molar-refractivity contribution in [3.63, 3.8) is 0 Å². The molecule has 1 unspecified atom stereocenters. The van der Waals surface area contributed by atoms with Gasteiger partial charge in [0.05, 0.1) is 6.61 Å². The van der Waals surface area contributed by atoms with Crippen LogP contribution in [0.15, 0.2) is 12.0 Å². The van der Waals surface area contributed by atoms with Crippen LogP contribution in [0.1, 0.15) is 32.6 Å². The van der Waals surface area contributed by atoms with Crippen LogP contribution in [-0.2, 0) is 25.8 Å². The van der Waals surface area contributed by atoms with Crippen molar-refractivity contribution in [1.29, 1.82) is 0 Å². The van der Waals surface area contributed by atoms with E-state index in [1.165, 1.54) is 19.3 Å². The zero-order valence-electron chi connectivity index (χ0n) is 7.36. The predicted octanol–water partition coefficient (Wildman–Crippen LogP) is 2.61. The van der Waals surface area contributed by atoms with E-state index < -0.39 is 0 Å². The second-order valence-electron chi connectivity index (χ2n) is 3.10. The van der Waals surface area contributed by atoms with Crippen molar-refractivity contribution in [3.05, 3.63) is 12.0 Å². The van der Waals surface area contributed by atoms with Crippen LogP contribution in [0.5, 0.6) is 0 Å². The minimum absolute atomic E-state index is 0. The molecule has 0 saturated heterocycles. The number of unbranched alkanes of at least 4 members (excludes halogenated alkanes) is 1. The van der Waals surface area contributed by atoms with Gasteiger partial charge in [0, 0.05) is 21.1 Å². The maximum absolute atomic E-state index is 8.89. The van der Waals surface area contributed by atoms with E-state index in [0.29, 0.717) is 12.5 Å². The number of hydrogen-bond acceptors (Lipinski definition) is 2. The molecule has 0 radical (unpaired) electrons. The summed E-state index contributed by atoms with van der Waals surface area (Å²) >= 11 is 0. The van der Waals surface area contributed by atoms with Crippen LogP contribution in [-0.4, -0.2) is 11.7 Å². The number of allylic oxidation sites excluding steroid dienone is 1. The topological polar surface area (TPSA) is 29.5 Å². The van der Waals surface area contributed by atoms with Crippen LogP contribution in [0.2, 0.25) is 0 Å². The molecule has 0 aromatic carbocycles. The molecule has 2 nitrogen and oxygen atoms in total. The van der Waals surface area contributed by atoms with E-state index in [1.807, 2.05) is 0 Å². The minimum Gasteiger partial charge on any atom is -0.481 e. The van der Waals surface area contributed by atoms with Gasteiger partial charge in [-0.2, -0.15) is 0 Å². The largest absolute Gasteiger partial charge is 0.481 e. The molecule has 0 aromatic heterocycles. The third-order valence-electron chi connectivity index (χ3n) is 2.06. The van der Waals surface area contributed by atoms with E-state index in [4.69, 9.17) is 9.84 Å². The van der Waals surface area contributed by atoms with Gasteiger partial charge in [-0.3, -0.25) is 0 Å². The first-order chi connectivity index (χ1) is 5.33. The van der Waals surface area contributed by atoms with Crippen molar-refractivity contribution in [1.82, 2.24) is 0 Å².